The molecule has 2 N–H and O–H groups in total. The second-order valence-corrected chi connectivity index (χ2v) is 5.63. The number of hydrogen-bond acceptors (Lipinski definition) is 2. The van der Waals surface area contributed by atoms with Crippen LogP contribution in [0.5, 0.6) is 0 Å². The molecular weight excluding hydrogens is 222 g/mol. The summed E-state index contributed by atoms with van der Waals surface area (Å²) in [6.07, 6.45) is 7.05. The van der Waals surface area contributed by atoms with Crippen LogP contribution in [0.25, 0.3) is 0 Å². The lowest BCUT2D eigenvalue weighted by molar-refractivity contribution is 0.171. The van der Waals surface area contributed by atoms with Gasteiger partial charge in [-0.05, 0) is 42.7 Å². The molecule has 96 valence electrons. The molecule has 18 heavy (non-hydrogen) atoms. The van der Waals surface area contributed by atoms with Gasteiger partial charge >= 0.3 is 0 Å². The number of hydrogen-bond donors (Lipinski definition) is 2. The molecule has 1 saturated carbocycles. The standard InChI is InChI=1S/C16H21NO/c18-16(13-4-2-1-3-5-13)11-17-10-15-9-12-6-7-14(15)8-12/h1-7,12,14-18H,8-11H2. The predicted octanol–water partition coefficient (Wildman–Crippen LogP) is 2.52. The normalized spacial score (nSPS) is 30.8. The van der Waals surface area contributed by atoms with E-state index in [2.05, 4.69) is 17.5 Å². The average Bonchev–Trinajstić information content (AvgIpc) is 3.02. The van der Waals surface area contributed by atoms with Gasteiger partial charge in [0, 0.05) is 6.54 Å². The van der Waals surface area contributed by atoms with Crippen molar-refractivity contribution >= 4 is 0 Å². The van der Waals surface area contributed by atoms with Gasteiger partial charge in [0.05, 0.1) is 6.10 Å². The topological polar surface area (TPSA) is 32.3 Å². The fourth-order valence-corrected chi connectivity index (χ4v) is 3.33. The van der Waals surface area contributed by atoms with Gasteiger partial charge in [-0.25, -0.2) is 0 Å². The third-order valence-electron chi connectivity index (χ3n) is 4.34. The monoisotopic (exact) mass is 243 g/mol. The summed E-state index contributed by atoms with van der Waals surface area (Å²) in [5, 5.41) is 13.5. The van der Waals surface area contributed by atoms with Crippen molar-refractivity contribution in [1.82, 2.24) is 5.32 Å². The second-order valence-electron chi connectivity index (χ2n) is 5.63. The van der Waals surface area contributed by atoms with Crippen LogP contribution in [0.4, 0.5) is 0 Å². The lowest BCUT2D eigenvalue weighted by Crippen LogP contribution is -2.29. The zero-order chi connectivity index (χ0) is 12.4. The minimum Gasteiger partial charge on any atom is -0.387 e. The van der Waals surface area contributed by atoms with Crippen LogP contribution in [-0.4, -0.2) is 18.2 Å². The average molecular weight is 243 g/mol. The van der Waals surface area contributed by atoms with Gasteiger partial charge in [-0.2, -0.15) is 0 Å². The Hall–Kier alpha value is -1.12. The van der Waals surface area contributed by atoms with Gasteiger partial charge in [0.2, 0.25) is 0 Å². The van der Waals surface area contributed by atoms with Crippen molar-refractivity contribution in [3.05, 3.63) is 48.0 Å². The number of rotatable bonds is 5. The molecule has 2 aliphatic carbocycles. The Kier molecular flexibility index (Phi) is 3.48. The number of aliphatic hydroxyl groups excluding tert-OH is 1. The van der Waals surface area contributed by atoms with Gasteiger partial charge in [-0.1, -0.05) is 42.5 Å². The number of benzene rings is 1. The van der Waals surface area contributed by atoms with Crippen LogP contribution < -0.4 is 5.32 Å². The highest BCUT2D eigenvalue weighted by atomic mass is 16.3. The molecular formula is C16H21NO. The van der Waals surface area contributed by atoms with Crippen molar-refractivity contribution in [3.8, 4) is 0 Å². The Balaban J connectivity index is 1.44. The Bertz CT molecular complexity index is 414. The fraction of sp³-hybridized carbons (Fsp3) is 0.500. The second kappa shape index (κ2) is 5.25. The Morgan fingerprint density at radius 2 is 2.00 bits per heavy atom. The van der Waals surface area contributed by atoms with Gasteiger partial charge in [0.15, 0.2) is 0 Å². The largest absolute Gasteiger partial charge is 0.387 e. The molecule has 0 spiro atoms. The van der Waals surface area contributed by atoms with Gasteiger partial charge in [0.25, 0.3) is 0 Å². The van der Waals surface area contributed by atoms with E-state index in [0.717, 1.165) is 29.9 Å². The van der Waals surface area contributed by atoms with Gasteiger partial charge < -0.3 is 10.4 Å². The third kappa shape index (κ3) is 2.50. The van der Waals surface area contributed by atoms with Crippen LogP contribution in [0.2, 0.25) is 0 Å². The molecule has 2 bridgehead atoms. The number of allylic oxidation sites excluding steroid dienone is 2. The maximum atomic E-state index is 10.0. The van der Waals surface area contributed by atoms with E-state index in [1.54, 1.807) is 0 Å². The van der Waals surface area contributed by atoms with Crippen LogP contribution >= 0.6 is 0 Å². The molecule has 2 heteroatoms. The van der Waals surface area contributed by atoms with Crippen molar-refractivity contribution in [1.29, 1.82) is 0 Å². The van der Waals surface area contributed by atoms with Crippen LogP contribution in [-0.2, 0) is 0 Å². The van der Waals surface area contributed by atoms with Crippen molar-refractivity contribution in [2.75, 3.05) is 13.1 Å². The first-order chi connectivity index (χ1) is 8.83. The molecule has 2 aliphatic rings. The predicted molar refractivity (Wildman–Crippen MR) is 73.1 cm³/mol. The quantitative estimate of drug-likeness (QED) is 0.779. The molecule has 0 amide bonds. The molecule has 4 atom stereocenters. The first-order valence-corrected chi connectivity index (χ1v) is 6.95. The molecule has 0 aromatic heterocycles. The van der Waals surface area contributed by atoms with Crippen molar-refractivity contribution < 1.29 is 5.11 Å². The lowest BCUT2D eigenvalue weighted by Gasteiger charge is -2.20. The van der Waals surface area contributed by atoms with E-state index in [4.69, 9.17) is 0 Å². The third-order valence-corrected chi connectivity index (χ3v) is 4.34. The SMILES string of the molecule is OC(CNCC1CC2C=CC1C2)c1ccccc1. The highest BCUT2D eigenvalue weighted by Crippen LogP contribution is 2.42. The maximum absolute atomic E-state index is 10.0. The first kappa shape index (κ1) is 11.9. The molecule has 2 nitrogen and oxygen atoms in total. The van der Waals surface area contributed by atoms with E-state index in [0.29, 0.717) is 6.54 Å². The van der Waals surface area contributed by atoms with Crippen molar-refractivity contribution in [2.24, 2.45) is 17.8 Å². The smallest absolute Gasteiger partial charge is 0.0914 e. The van der Waals surface area contributed by atoms with E-state index < -0.39 is 0 Å². The van der Waals surface area contributed by atoms with Gasteiger partial charge in [-0.3, -0.25) is 0 Å². The summed E-state index contributed by atoms with van der Waals surface area (Å²) in [6, 6.07) is 9.88. The van der Waals surface area contributed by atoms with Gasteiger partial charge in [-0.15, -0.1) is 0 Å². The molecule has 0 saturated heterocycles. The van der Waals surface area contributed by atoms with E-state index in [1.807, 2.05) is 30.3 Å². The molecule has 4 unspecified atom stereocenters. The van der Waals surface area contributed by atoms with Gasteiger partial charge in [0.1, 0.15) is 0 Å². The summed E-state index contributed by atoms with van der Waals surface area (Å²) < 4.78 is 0. The highest BCUT2D eigenvalue weighted by molar-refractivity contribution is 5.17. The first-order valence-electron chi connectivity index (χ1n) is 6.95. The number of nitrogens with one attached hydrogen (secondary N) is 1. The molecule has 1 aromatic rings. The Morgan fingerprint density at radius 3 is 2.67 bits per heavy atom. The molecule has 0 heterocycles. The van der Waals surface area contributed by atoms with E-state index in [-0.39, 0.29) is 6.10 Å². The summed E-state index contributed by atoms with van der Waals surface area (Å²) >= 11 is 0. The molecule has 3 rings (SSSR count). The minimum absolute atomic E-state index is 0.389. The summed E-state index contributed by atoms with van der Waals surface area (Å²) in [6.45, 7) is 1.69. The van der Waals surface area contributed by atoms with E-state index >= 15 is 0 Å². The summed E-state index contributed by atoms with van der Waals surface area (Å²) in [5.41, 5.74) is 0.998. The molecule has 0 radical (unpaired) electrons. The van der Waals surface area contributed by atoms with Crippen molar-refractivity contribution in [2.45, 2.75) is 18.9 Å². The Morgan fingerprint density at radius 1 is 1.17 bits per heavy atom. The highest BCUT2D eigenvalue weighted by Gasteiger charge is 2.34. The zero-order valence-electron chi connectivity index (χ0n) is 10.6. The Labute approximate surface area is 109 Å². The number of aliphatic hydroxyl groups is 1. The van der Waals surface area contributed by atoms with E-state index in [9.17, 15) is 5.11 Å². The lowest BCUT2D eigenvalue weighted by atomic mass is 9.93. The van der Waals surface area contributed by atoms with Crippen molar-refractivity contribution in [3.63, 3.8) is 0 Å². The van der Waals surface area contributed by atoms with Crippen LogP contribution in [0.3, 0.4) is 0 Å². The summed E-state index contributed by atoms with van der Waals surface area (Å²) in [7, 11) is 0. The number of fused-ring (bicyclic) bond motifs is 2. The summed E-state index contributed by atoms with van der Waals surface area (Å²) in [4.78, 5) is 0. The molecule has 1 fully saturated rings. The van der Waals surface area contributed by atoms with Crippen LogP contribution in [0.15, 0.2) is 42.5 Å². The maximum Gasteiger partial charge on any atom is 0.0914 e. The molecule has 1 aromatic carbocycles. The van der Waals surface area contributed by atoms with Crippen LogP contribution in [0, 0.1) is 17.8 Å². The fourth-order valence-electron chi connectivity index (χ4n) is 3.33. The van der Waals surface area contributed by atoms with E-state index in [1.165, 1.54) is 12.8 Å². The summed E-state index contributed by atoms with van der Waals surface area (Å²) in [5.74, 6) is 2.40. The van der Waals surface area contributed by atoms with Crippen LogP contribution in [0.1, 0.15) is 24.5 Å². The molecule has 0 aliphatic heterocycles. The minimum atomic E-state index is -0.389. The zero-order valence-corrected chi connectivity index (χ0v) is 10.6.